The fraction of sp³-hybridized carbons (Fsp3) is 0.474. The van der Waals surface area contributed by atoms with Crippen LogP contribution in [-0.4, -0.2) is 58.1 Å². The number of amides is 1. The van der Waals surface area contributed by atoms with Crippen molar-refractivity contribution in [3.8, 4) is 17.2 Å². The van der Waals surface area contributed by atoms with Crippen LogP contribution in [0.2, 0.25) is 0 Å². The van der Waals surface area contributed by atoms with Crippen LogP contribution in [0.3, 0.4) is 0 Å². The Bertz CT molecular complexity index is 693. The molecule has 2 heterocycles. The molecule has 8 heteroatoms. The quantitative estimate of drug-likeness (QED) is 0.566. The molecular weight excluding hydrogens is 354 g/mol. The van der Waals surface area contributed by atoms with Crippen LogP contribution in [0.4, 0.5) is 0 Å². The van der Waals surface area contributed by atoms with E-state index in [-0.39, 0.29) is 18.6 Å². The molecule has 2 aliphatic heterocycles. The fourth-order valence-corrected chi connectivity index (χ4v) is 2.82. The van der Waals surface area contributed by atoms with E-state index >= 15 is 0 Å². The summed E-state index contributed by atoms with van der Waals surface area (Å²) in [5.74, 6) is 0.659. The summed E-state index contributed by atoms with van der Waals surface area (Å²) in [4.78, 5) is 23.5. The summed E-state index contributed by atoms with van der Waals surface area (Å²) in [5.41, 5.74) is 0.691. The smallest absolute Gasteiger partial charge is 0.331 e. The van der Waals surface area contributed by atoms with Crippen molar-refractivity contribution >= 4 is 18.0 Å². The zero-order chi connectivity index (χ0) is 19.1. The number of carbonyl (C=O) groups excluding carboxylic acids is 2. The number of rotatable bonds is 7. The number of methoxy groups -OCH3 is 1. The number of hydrogen-bond acceptors (Lipinski definition) is 7. The lowest BCUT2D eigenvalue weighted by Crippen LogP contribution is -2.34. The molecule has 0 bridgehead atoms. The van der Waals surface area contributed by atoms with Gasteiger partial charge in [0.2, 0.25) is 5.75 Å². The van der Waals surface area contributed by atoms with E-state index in [1.54, 1.807) is 18.2 Å². The van der Waals surface area contributed by atoms with Crippen molar-refractivity contribution < 1.29 is 33.3 Å². The van der Waals surface area contributed by atoms with Crippen LogP contribution >= 0.6 is 0 Å². The molecular formula is C19H23NO7. The van der Waals surface area contributed by atoms with Gasteiger partial charge in [0.25, 0.3) is 5.91 Å². The molecule has 1 atom stereocenters. The Kier molecular flexibility index (Phi) is 6.54. The van der Waals surface area contributed by atoms with E-state index in [9.17, 15) is 9.59 Å². The third-order valence-electron chi connectivity index (χ3n) is 4.16. The van der Waals surface area contributed by atoms with Crippen LogP contribution in [0, 0.1) is 0 Å². The maximum atomic E-state index is 11.8. The average molecular weight is 377 g/mol. The zero-order valence-electron chi connectivity index (χ0n) is 15.2. The van der Waals surface area contributed by atoms with Gasteiger partial charge in [-0.25, -0.2) is 4.79 Å². The predicted octanol–water partition coefficient (Wildman–Crippen LogP) is 1.32. The first-order valence-corrected chi connectivity index (χ1v) is 8.86. The van der Waals surface area contributed by atoms with Gasteiger partial charge in [0.1, 0.15) is 13.2 Å². The molecule has 146 valence electrons. The first-order valence-electron chi connectivity index (χ1n) is 8.86. The topological polar surface area (TPSA) is 92.3 Å². The Morgan fingerprint density at radius 3 is 2.89 bits per heavy atom. The second-order valence-corrected chi connectivity index (χ2v) is 6.13. The predicted molar refractivity (Wildman–Crippen MR) is 96.0 cm³/mol. The summed E-state index contributed by atoms with van der Waals surface area (Å²) < 4.78 is 26.7. The van der Waals surface area contributed by atoms with Gasteiger partial charge in [-0.05, 0) is 36.6 Å². The van der Waals surface area contributed by atoms with Crippen LogP contribution < -0.4 is 19.5 Å². The third-order valence-corrected chi connectivity index (χ3v) is 4.16. The number of hydrogen-bond donors (Lipinski definition) is 1. The molecule has 0 saturated carbocycles. The van der Waals surface area contributed by atoms with Crippen molar-refractivity contribution in [3.05, 3.63) is 23.8 Å². The van der Waals surface area contributed by atoms with E-state index in [2.05, 4.69) is 5.32 Å². The first kappa shape index (κ1) is 19.0. The number of ether oxygens (including phenoxy) is 5. The highest BCUT2D eigenvalue weighted by Gasteiger charge is 2.18. The van der Waals surface area contributed by atoms with Gasteiger partial charge in [-0.3, -0.25) is 4.79 Å². The number of carbonyl (C=O) groups is 2. The van der Waals surface area contributed by atoms with Gasteiger partial charge in [0.15, 0.2) is 18.1 Å². The summed E-state index contributed by atoms with van der Waals surface area (Å²) in [7, 11) is 1.53. The summed E-state index contributed by atoms with van der Waals surface area (Å²) in [6.07, 6.45) is 4.80. The van der Waals surface area contributed by atoms with Gasteiger partial charge in [-0.1, -0.05) is 0 Å². The van der Waals surface area contributed by atoms with E-state index in [1.165, 1.54) is 13.2 Å². The van der Waals surface area contributed by atoms with E-state index in [0.29, 0.717) is 42.6 Å². The van der Waals surface area contributed by atoms with Crippen molar-refractivity contribution in [2.24, 2.45) is 0 Å². The minimum absolute atomic E-state index is 0.0507. The largest absolute Gasteiger partial charge is 0.493 e. The maximum absolute atomic E-state index is 11.8. The first-order chi connectivity index (χ1) is 13.2. The second kappa shape index (κ2) is 9.27. The molecule has 0 unspecified atom stereocenters. The standard InChI is InChI=1S/C19H23NO7/c1-23-15-9-13(10-16-19(15)26-8-7-25-16)4-5-18(22)27-12-17(21)20-11-14-3-2-6-24-14/h4-5,9-10,14H,2-3,6-8,11-12H2,1H3,(H,20,21)/b5-4+/t14-/m1/s1. The highest BCUT2D eigenvalue weighted by atomic mass is 16.6. The molecule has 0 spiro atoms. The van der Waals surface area contributed by atoms with Gasteiger partial charge in [-0.15, -0.1) is 0 Å². The van der Waals surface area contributed by atoms with Crippen molar-refractivity contribution in [3.63, 3.8) is 0 Å². The number of fused-ring (bicyclic) bond motifs is 1. The number of benzene rings is 1. The molecule has 3 rings (SSSR count). The molecule has 1 aromatic carbocycles. The van der Waals surface area contributed by atoms with Crippen LogP contribution in [-0.2, 0) is 19.1 Å². The molecule has 27 heavy (non-hydrogen) atoms. The van der Waals surface area contributed by atoms with Gasteiger partial charge >= 0.3 is 5.97 Å². The molecule has 1 fully saturated rings. The van der Waals surface area contributed by atoms with Gasteiger partial charge in [0.05, 0.1) is 13.2 Å². The summed E-state index contributed by atoms with van der Waals surface area (Å²) in [5, 5.41) is 2.69. The van der Waals surface area contributed by atoms with E-state index in [4.69, 9.17) is 23.7 Å². The molecule has 0 aliphatic carbocycles. The summed E-state index contributed by atoms with van der Waals surface area (Å²) >= 11 is 0. The molecule has 1 saturated heterocycles. The van der Waals surface area contributed by atoms with Crippen molar-refractivity contribution in [2.75, 3.05) is 40.1 Å². The van der Waals surface area contributed by atoms with Crippen LogP contribution in [0.15, 0.2) is 18.2 Å². The Balaban J connectivity index is 1.48. The van der Waals surface area contributed by atoms with Crippen LogP contribution in [0.5, 0.6) is 17.2 Å². The minimum atomic E-state index is -0.615. The Labute approximate surface area is 157 Å². The average Bonchev–Trinajstić information content (AvgIpc) is 3.22. The second-order valence-electron chi connectivity index (χ2n) is 6.13. The summed E-state index contributed by atoms with van der Waals surface area (Å²) in [6.45, 7) is 1.74. The lowest BCUT2D eigenvalue weighted by atomic mass is 10.1. The third kappa shape index (κ3) is 5.37. The summed E-state index contributed by atoms with van der Waals surface area (Å²) in [6, 6.07) is 3.47. The molecule has 8 nitrogen and oxygen atoms in total. The Morgan fingerprint density at radius 2 is 2.11 bits per heavy atom. The van der Waals surface area contributed by atoms with Crippen LogP contribution in [0.25, 0.3) is 6.08 Å². The molecule has 1 amide bonds. The SMILES string of the molecule is COc1cc(/C=C/C(=O)OCC(=O)NC[C@H]2CCCO2)cc2c1OCCO2. The van der Waals surface area contributed by atoms with E-state index in [1.807, 2.05) is 0 Å². The molecule has 0 radical (unpaired) electrons. The molecule has 0 aromatic heterocycles. The van der Waals surface area contributed by atoms with Gasteiger partial charge in [-0.2, -0.15) is 0 Å². The fourth-order valence-electron chi connectivity index (χ4n) is 2.82. The lowest BCUT2D eigenvalue weighted by Gasteiger charge is -2.20. The van der Waals surface area contributed by atoms with Crippen molar-refractivity contribution in [1.29, 1.82) is 0 Å². The monoisotopic (exact) mass is 377 g/mol. The van der Waals surface area contributed by atoms with Crippen molar-refractivity contribution in [2.45, 2.75) is 18.9 Å². The molecule has 2 aliphatic rings. The van der Waals surface area contributed by atoms with Gasteiger partial charge in [0, 0.05) is 19.2 Å². The minimum Gasteiger partial charge on any atom is -0.493 e. The molecule has 1 N–H and O–H groups in total. The highest BCUT2D eigenvalue weighted by molar-refractivity contribution is 5.89. The lowest BCUT2D eigenvalue weighted by molar-refractivity contribution is -0.143. The Morgan fingerprint density at radius 1 is 1.26 bits per heavy atom. The highest BCUT2D eigenvalue weighted by Crippen LogP contribution is 2.40. The Hall–Kier alpha value is -2.74. The van der Waals surface area contributed by atoms with E-state index in [0.717, 1.165) is 19.4 Å². The molecule has 1 aromatic rings. The van der Waals surface area contributed by atoms with Gasteiger partial charge < -0.3 is 29.0 Å². The normalized spacial score (nSPS) is 18.3. The maximum Gasteiger partial charge on any atom is 0.331 e. The number of nitrogens with one attached hydrogen (secondary N) is 1. The zero-order valence-corrected chi connectivity index (χ0v) is 15.2. The van der Waals surface area contributed by atoms with Crippen LogP contribution in [0.1, 0.15) is 18.4 Å². The van der Waals surface area contributed by atoms with Crippen molar-refractivity contribution in [1.82, 2.24) is 5.32 Å². The number of esters is 1. The van der Waals surface area contributed by atoms with E-state index < -0.39 is 5.97 Å².